The maximum atomic E-state index is 12.1. The van der Waals surface area contributed by atoms with E-state index in [-0.39, 0.29) is 11.7 Å². The molecule has 1 atom stereocenters. The Kier molecular flexibility index (Phi) is 4.98. The molecule has 0 spiro atoms. The molecule has 1 aromatic carbocycles. The highest BCUT2D eigenvalue weighted by Gasteiger charge is 2.29. The summed E-state index contributed by atoms with van der Waals surface area (Å²) >= 11 is 0. The van der Waals surface area contributed by atoms with E-state index >= 15 is 0 Å². The number of fused-ring (bicyclic) bond motifs is 1. The van der Waals surface area contributed by atoms with Crippen molar-refractivity contribution in [3.8, 4) is 11.5 Å². The van der Waals surface area contributed by atoms with Gasteiger partial charge in [-0.25, -0.2) is 9.59 Å². The zero-order chi connectivity index (χ0) is 19.6. The third-order valence-corrected chi connectivity index (χ3v) is 3.95. The fraction of sp³-hybridized carbons (Fsp3) is 0.368. The van der Waals surface area contributed by atoms with Gasteiger partial charge in [-0.2, -0.15) is 0 Å². The summed E-state index contributed by atoms with van der Waals surface area (Å²) in [6.45, 7) is 6.47. The molecular formula is C19H22N2O6. The second-order valence-electron chi connectivity index (χ2n) is 7.23. The van der Waals surface area contributed by atoms with Crippen LogP contribution in [0.1, 0.15) is 32.3 Å². The molecule has 0 aliphatic carbocycles. The van der Waals surface area contributed by atoms with E-state index in [2.05, 4.69) is 0 Å². The molecule has 2 heterocycles. The van der Waals surface area contributed by atoms with Crippen LogP contribution >= 0.6 is 0 Å². The molecule has 0 fully saturated rings. The number of ether oxygens (including phenoxy) is 3. The molecule has 1 unspecified atom stereocenters. The molecule has 2 aliphatic rings. The summed E-state index contributed by atoms with van der Waals surface area (Å²) in [4.78, 5) is 26.1. The van der Waals surface area contributed by atoms with Gasteiger partial charge in [0.25, 0.3) is 0 Å². The Hall–Kier alpha value is -3.16. The first-order chi connectivity index (χ1) is 12.7. The topological polar surface area (TPSA) is 88.5 Å². The molecule has 1 N–H and O–H groups in total. The van der Waals surface area contributed by atoms with Gasteiger partial charge < -0.3 is 24.2 Å². The number of para-hydroxylation sites is 1. The van der Waals surface area contributed by atoms with E-state index < -0.39 is 17.8 Å². The van der Waals surface area contributed by atoms with E-state index in [0.29, 0.717) is 18.9 Å². The van der Waals surface area contributed by atoms with Gasteiger partial charge in [0.05, 0.1) is 6.61 Å². The van der Waals surface area contributed by atoms with Crippen LogP contribution in [0.5, 0.6) is 11.5 Å². The van der Waals surface area contributed by atoms with Crippen molar-refractivity contribution >= 4 is 12.2 Å². The monoisotopic (exact) mass is 374 g/mol. The van der Waals surface area contributed by atoms with Crippen LogP contribution in [0.25, 0.3) is 0 Å². The Morgan fingerprint density at radius 3 is 2.56 bits per heavy atom. The average Bonchev–Trinajstić information content (AvgIpc) is 2.98. The number of hydrogen-bond acceptors (Lipinski definition) is 6. The van der Waals surface area contributed by atoms with Crippen molar-refractivity contribution in [3.05, 3.63) is 48.6 Å². The third kappa shape index (κ3) is 4.52. The number of amides is 1. The van der Waals surface area contributed by atoms with E-state index in [0.717, 1.165) is 5.56 Å². The molecule has 8 nitrogen and oxygen atoms in total. The zero-order valence-corrected chi connectivity index (χ0v) is 15.4. The summed E-state index contributed by atoms with van der Waals surface area (Å²) in [6, 6.07) is 5.20. The summed E-state index contributed by atoms with van der Waals surface area (Å²) in [5.74, 6) is 0.702. The first kappa shape index (κ1) is 18.6. The molecule has 0 saturated heterocycles. The lowest BCUT2D eigenvalue weighted by atomic mass is 10.0. The van der Waals surface area contributed by atoms with Gasteiger partial charge in [-0.15, -0.1) is 0 Å². The molecule has 0 aromatic heterocycles. The smallest absolute Gasteiger partial charge is 0.489 e. The van der Waals surface area contributed by atoms with Crippen molar-refractivity contribution < 1.29 is 28.9 Å². The lowest BCUT2D eigenvalue weighted by Gasteiger charge is -2.27. The molecule has 144 valence electrons. The number of carboxylic acid groups (broad SMARTS) is 1. The largest absolute Gasteiger partial charge is 0.511 e. The van der Waals surface area contributed by atoms with Gasteiger partial charge in [0, 0.05) is 42.8 Å². The highest BCUT2D eigenvalue weighted by atomic mass is 16.7. The molecule has 1 amide bonds. The van der Waals surface area contributed by atoms with Gasteiger partial charge in [-0.05, 0) is 26.8 Å². The summed E-state index contributed by atoms with van der Waals surface area (Å²) in [5.41, 5.74) is 0.335. The highest BCUT2D eigenvalue weighted by molar-refractivity contribution is 5.70. The molecule has 8 heteroatoms. The minimum atomic E-state index is -1.38. The Morgan fingerprint density at radius 2 is 1.93 bits per heavy atom. The maximum absolute atomic E-state index is 12.1. The predicted molar refractivity (Wildman–Crippen MR) is 96.4 cm³/mol. The Balaban J connectivity index is 1.63. The van der Waals surface area contributed by atoms with E-state index in [1.54, 1.807) is 36.9 Å². The third-order valence-electron chi connectivity index (χ3n) is 3.95. The van der Waals surface area contributed by atoms with Crippen LogP contribution in [-0.4, -0.2) is 45.9 Å². The van der Waals surface area contributed by atoms with Gasteiger partial charge in [-0.3, -0.25) is 4.90 Å². The maximum Gasteiger partial charge on any atom is 0.511 e. The van der Waals surface area contributed by atoms with Gasteiger partial charge >= 0.3 is 12.2 Å². The van der Waals surface area contributed by atoms with Crippen LogP contribution < -0.4 is 9.47 Å². The molecule has 0 saturated carbocycles. The SMILES string of the molecule is CC(C)(C)OC(=O)N1C=CN(CC2COc3c(OC(=O)O)cccc32)C=C1. The normalized spacial score (nSPS) is 18.1. The number of nitrogens with zero attached hydrogens (tertiary/aromatic N) is 2. The lowest BCUT2D eigenvalue weighted by molar-refractivity contribution is 0.0392. The minimum absolute atomic E-state index is 0.0414. The van der Waals surface area contributed by atoms with E-state index in [9.17, 15) is 9.59 Å². The van der Waals surface area contributed by atoms with Gasteiger partial charge in [-0.1, -0.05) is 12.1 Å². The molecule has 0 radical (unpaired) electrons. The van der Waals surface area contributed by atoms with Gasteiger partial charge in [0.1, 0.15) is 5.60 Å². The van der Waals surface area contributed by atoms with Crippen molar-refractivity contribution in [1.29, 1.82) is 0 Å². The van der Waals surface area contributed by atoms with E-state index in [1.807, 2.05) is 31.7 Å². The molecule has 1 aromatic rings. The predicted octanol–water partition coefficient (Wildman–Crippen LogP) is 3.71. The van der Waals surface area contributed by atoms with Crippen LogP contribution in [0.2, 0.25) is 0 Å². The minimum Gasteiger partial charge on any atom is -0.489 e. The van der Waals surface area contributed by atoms with E-state index in [1.165, 1.54) is 4.90 Å². The fourth-order valence-corrected chi connectivity index (χ4v) is 2.83. The highest BCUT2D eigenvalue weighted by Crippen LogP contribution is 2.41. The molecule has 0 bridgehead atoms. The molecular weight excluding hydrogens is 352 g/mol. The van der Waals surface area contributed by atoms with Gasteiger partial charge in [0.15, 0.2) is 11.5 Å². The Bertz CT molecular complexity index is 782. The first-order valence-corrected chi connectivity index (χ1v) is 8.53. The van der Waals surface area contributed by atoms with Gasteiger partial charge in [0.2, 0.25) is 0 Å². The number of benzene rings is 1. The van der Waals surface area contributed by atoms with E-state index in [4.69, 9.17) is 19.3 Å². The van der Waals surface area contributed by atoms with Crippen LogP contribution in [0, 0.1) is 0 Å². The molecule has 27 heavy (non-hydrogen) atoms. The second-order valence-corrected chi connectivity index (χ2v) is 7.23. The van der Waals surface area contributed by atoms with Crippen molar-refractivity contribution in [2.24, 2.45) is 0 Å². The number of carbonyl (C=O) groups excluding carboxylic acids is 1. The van der Waals surface area contributed by atoms with Crippen molar-refractivity contribution in [1.82, 2.24) is 9.80 Å². The van der Waals surface area contributed by atoms with Crippen LogP contribution in [0.3, 0.4) is 0 Å². The quantitative estimate of drug-likeness (QED) is 0.637. The van der Waals surface area contributed by atoms with Crippen LogP contribution in [-0.2, 0) is 4.74 Å². The van der Waals surface area contributed by atoms with Crippen LogP contribution in [0.4, 0.5) is 9.59 Å². The Morgan fingerprint density at radius 1 is 1.22 bits per heavy atom. The van der Waals surface area contributed by atoms with Crippen molar-refractivity contribution in [2.45, 2.75) is 32.3 Å². The average molecular weight is 374 g/mol. The second kappa shape index (κ2) is 7.22. The van der Waals surface area contributed by atoms with Crippen molar-refractivity contribution in [2.75, 3.05) is 13.2 Å². The first-order valence-electron chi connectivity index (χ1n) is 8.53. The van der Waals surface area contributed by atoms with Crippen molar-refractivity contribution in [3.63, 3.8) is 0 Å². The zero-order valence-electron chi connectivity index (χ0n) is 15.4. The number of rotatable bonds is 3. The summed E-state index contributed by atoms with van der Waals surface area (Å²) in [7, 11) is 0. The number of hydrogen-bond donors (Lipinski definition) is 1. The molecule has 3 rings (SSSR count). The lowest BCUT2D eigenvalue weighted by Crippen LogP contribution is -2.33. The summed E-state index contributed by atoms with van der Waals surface area (Å²) in [6.07, 6.45) is 5.00. The van der Waals surface area contributed by atoms with Crippen LogP contribution in [0.15, 0.2) is 43.0 Å². The number of carbonyl (C=O) groups is 2. The molecule has 2 aliphatic heterocycles. The summed E-state index contributed by atoms with van der Waals surface area (Å²) < 4.78 is 15.7. The summed E-state index contributed by atoms with van der Waals surface area (Å²) in [5, 5.41) is 8.82. The fourth-order valence-electron chi connectivity index (χ4n) is 2.83. The Labute approximate surface area is 157 Å². The standard InChI is InChI=1S/C19H22N2O6/c1-19(2,3)27-17(22)21-9-7-20(8-10-21)11-13-12-25-16-14(13)5-4-6-15(16)26-18(23)24/h4-10,13H,11-12H2,1-3H3,(H,23,24).